The van der Waals surface area contributed by atoms with Crippen LogP contribution in [0.4, 0.5) is 0 Å². The van der Waals surface area contributed by atoms with Gasteiger partial charge in [-0.2, -0.15) is 0 Å². The van der Waals surface area contributed by atoms with E-state index in [0.717, 1.165) is 31.6 Å². The van der Waals surface area contributed by atoms with Crippen molar-refractivity contribution in [1.82, 2.24) is 15.2 Å². The van der Waals surface area contributed by atoms with Gasteiger partial charge in [-0.05, 0) is 45.4 Å². The second kappa shape index (κ2) is 6.73. The monoisotopic (exact) mass is 311 g/mol. The Balaban J connectivity index is 1.84. The predicted molar refractivity (Wildman–Crippen MR) is 82.6 cm³/mol. The fourth-order valence-corrected chi connectivity index (χ4v) is 2.77. The molecule has 6 heteroatoms. The van der Waals surface area contributed by atoms with Gasteiger partial charge in [-0.15, -0.1) is 0 Å². The molecule has 0 radical (unpaired) electrons. The van der Waals surface area contributed by atoms with Gasteiger partial charge in [-0.1, -0.05) is 11.6 Å². The first-order valence-electron chi connectivity index (χ1n) is 7.22. The van der Waals surface area contributed by atoms with Gasteiger partial charge in [0.2, 0.25) is 0 Å². The van der Waals surface area contributed by atoms with Crippen molar-refractivity contribution in [3.63, 3.8) is 0 Å². The summed E-state index contributed by atoms with van der Waals surface area (Å²) < 4.78 is 0. The molecule has 1 saturated heterocycles. The van der Waals surface area contributed by atoms with Crippen LogP contribution in [0.5, 0.6) is 0 Å². The summed E-state index contributed by atoms with van der Waals surface area (Å²) in [5.74, 6) is -0.246. The van der Waals surface area contributed by atoms with E-state index in [2.05, 4.69) is 15.2 Å². The largest absolute Gasteiger partial charge is 0.390 e. The highest BCUT2D eigenvalue weighted by atomic mass is 35.5. The molecule has 0 saturated carbocycles. The van der Waals surface area contributed by atoms with E-state index in [-0.39, 0.29) is 11.1 Å². The summed E-state index contributed by atoms with van der Waals surface area (Å²) >= 11 is 5.97. The number of likely N-dealkylation sites (tertiary alicyclic amines) is 1. The van der Waals surface area contributed by atoms with Crippen LogP contribution in [0.3, 0.4) is 0 Å². The van der Waals surface area contributed by atoms with Crippen molar-refractivity contribution in [2.45, 2.75) is 31.8 Å². The number of carbonyl (C=O) groups is 1. The van der Waals surface area contributed by atoms with Gasteiger partial charge in [0.1, 0.15) is 5.15 Å². The molecule has 0 atom stereocenters. The predicted octanol–water partition coefficient (Wildman–Crippen LogP) is 1.62. The molecule has 1 aromatic rings. The Hall–Kier alpha value is -1.17. The van der Waals surface area contributed by atoms with Gasteiger partial charge in [0.05, 0.1) is 11.2 Å². The first-order valence-corrected chi connectivity index (χ1v) is 7.60. The van der Waals surface area contributed by atoms with Crippen LogP contribution in [0.25, 0.3) is 0 Å². The summed E-state index contributed by atoms with van der Waals surface area (Å²) in [5, 5.41) is 13.5. The summed E-state index contributed by atoms with van der Waals surface area (Å²) in [5.41, 5.74) is 0.476. The lowest BCUT2D eigenvalue weighted by molar-refractivity contribution is -0.0214. The van der Waals surface area contributed by atoms with Crippen molar-refractivity contribution in [3.8, 4) is 0 Å². The average Bonchev–Trinajstić information content (AvgIpc) is 2.42. The van der Waals surface area contributed by atoms with Crippen molar-refractivity contribution in [2.24, 2.45) is 0 Å². The van der Waals surface area contributed by atoms with Crippen LogP contribution in [0.1, 0.15) is 35.3 Å². The third-order valence-corrected chi connectivity index (χ3v) is 4.31. The first kappa shape index (κ1) is 16.2. The molecule has 0 unspecified atom stereocenters. The van der Waals surface area contributed by atoms with Gasteiger partial charge in [-0.3, -0.25) is 4.79 Å². The van der Waals surface area contributed by atoms with E-state index in [1.54, 1.807) is 12.1 Å². The van der Waals surface area contributed by atoms with Gasteiger partial charge in [0.25, 0.3) is 5.91 Å². The van der Waals surface area contributed by atoms with Gasteiger partial charge < -0.3 is 15.3 Å². The Morgan fingerprint density at radius 2 is 2.14 bits per heavy atom. The molecule has 2 rings (SSSR count). The number of hydrogen-bond donors (Lipinski definition) is 2. The van der Waals surface area contributed by atoms with E-state index in [1.807, 2.05) is 14.0 Å². The lowest BCUT2D eigenvalue weighted by atomic mass is 9.88. The first-order chi connectivity index (χ1) is 9.89. The summed E-state index contributed by atoms with van der Waals surface area (Å²) in [6, 6.07) is 3.43. The van der Waals surface area contributed by atoms with E-state index in [0.29, 0.717) is 18.5 Å². The second-order valence-corrected chi connectivity index (χ2v) is 6.18. The van der Waals surface area contributed by atoms with Gasteiger partial charge in [0.15, 0.2) is 0 Å². The number of carbonyl (C=O) groups excluding carboxylic acids is 1. The molecule has 1 aromatic heterocycles. The molecule has 1 aliphatic heterocycles. The van der Waals surface area contributed by atoms with Crippen LogP contribution < -0.4 is 5.32 Å². The number of piperidine rings is 1. The number of rotatable bonds is 4. The number of amides is 1. The van der Waals surface area contributed by atoms with Crippen LogP contribution in [-0.4, -0.2) is 53.2 Å². The number of aryl methyl sites for hydroxylation is 1. The van der Waals surface area contributed by atoms with E-state index < -0.39 is 5.60 Å². The van der Waals surface area contributed by atoms with Crippen molar-refractivity contribution in [1.29, 1.82) is 0 Å². The Morgan fingerprint density at radius 3 is 2.76 bits per heavy atom. The number of nitrogens with one attached hydrogen (secondary N) is 1. The van der Waals surface area contributed by atoms with Crippen LogP contribution in [0, 0.1) is 6.92 Å². The minimum atomic E-state index is -0.672. The molecule has 2 N–H and O–H groups in total. The maximum absolute atomic E-state index is 12.0. The molecular formula is C15H22ClN3O2. The zero-order valence-corrected chi connectivity index (χ0v) is 13.3. The molecular weight excluding hydrogens is 290 g/mol. The Bertz CT molecular complexity index is 514. The highest BCUT2D eigenvalue weighted by Gasteiger charge is 2.30. The van der Waals surface area contributed by atoms with E-state index in [1.165, 1.54) is 0 Å². The number of aromatic nitrogens is 1. The molecule has 1 fully saturated rings. The third kappa shape index (κ3) is 4.40. The fourth-order valence-electron chi connectivity index (χ4n) is 2.48. The number of aliphatic hydroxyl groups is 1. The topological polar surface area (TPSA) is 65.5 Å². The lowest BCUT2D eigenvalue weighted by Gasteiger charge is -2.36. The van der Waals surface area contributed by atoms with Gasteiger partial charge >= 0.3 is 0 Å². The SMILES string of the molecule is Cc1ccc(C(=O)NCCC2(O)CCN(C)CC2)c(Cl)n1. The normalized spacial score (nSPS) is 18.5. The number of halogens is 1. The van der Waals surface area contributed by atoms with E-state index >= 15 is 0 Å². The molecule has 5 nitrogen and oxygen atoms in total. The Morgan fingerprint density at radius 1 is 1.48 bits per heavy atom. The summed E-state index contributed by atoms with van der Waals surface area (Å²) in [4.78, 5) is 18.3. The van der Waals surface area contributed by atoms with E-state index in [4.69, 9.17) is 11.6 Å². The second-order valence-electron chi connectivity index (χ2n) is 5.82. The van der Waals surface area contributed by atoms with Crippen molar-refractivity contribution < 1.29 is 9.90 Å². The van der Waals surface area contributed by atoms with Gasteiger partial charge in [-0.25, -0.2) is 4.98 Å². The minimum absolute atomic E-state index is 0.213. The van der Waals surface area contributed by atoms with Crippen LogP contribution in [0.15, 0.2) is 12.1 Å². The Labute approximate surface area is 130 Å². The highest BCUT2D eigenvalue weighted by molar-refractivity contribution is 6.32. The molecule has 0 bridgehead atoms. The minimum Gasteiger partial charge on any atom is -0.390 e. The lowest BCUT2D eigenvalue weighted by Crippen LogP contribution is -2.44. The quantitative estimate of drug-likeness (QED) is 0.829. The van der Waals surface area contributed by atoms with E-state index in [9.17, 15) is 9.90 Å². The van der Waals surface area contributed by atoms with Crippen molar-refractivity contribution in [3.05, 3.63) is 28.5 Å². The summed E-state index contributed by atoms with van der Waals surface area (Å²) in [6.07, 6.45) is 2.04. The summed E-state index contributed by atoms with van der Waals surface area (Å²) in [6.45, 7) is 4.03. The standard InChI is InChI=1S/C15H22ClN3O2/c1-11-3-4-12(13(16)18-11)14(20)17-8-5-15(21)6-9-19(2)10-7-15/h3-4,21H,5-10H2,1-2H3,(H,17,20). The smallest absolute Gasteiger partial charge is 0.254 e. The van der Waals surface area contributed by atoms with Crippen LogP contribution in [0.2, 0.25) is 5.15 Å². The van der Waals surface area contributed by atoms with Gasteiger partial charge in [0, 0.05) is 25.3 Å². The molecule has 21 heavy (non-hydrogen) atoms. The van der Waals surface area contributed by atoms with Crippen molar-refractivity contribution >= 4 is 17.5 Å². The fraction of sp³-hybridized carbons (Fsp3) is 0.600. The molecule has 1 amide bonds. The third-order valence-electron chi connectivity index (χ3n) is 4.03. The van der Waals surface area contributed by atoms with Crippen LogP contribution in [-0.2, 0) is 0 Å². The molecule has 0 aliphatic carbocycles. The molecule has 116 valence electrons. The molecule has 0 spiro atoms. The molecule has 1 aliphatic rings. The number of pyridine rings is 1. The maximum Gasteiger partial charge on any atom is 0.254 e. The molecule has 2 heterocycles. The zero-order chi connectivity index (χ0) is 15.5. The zero-order valence-electron chi connectivity index (χ0n) is 12.5. The Kier molecular flexibility index (Phi) is 5.19. The highest BCUT2D eigenvalue weighted by Crippen LogP contribution is 2.24. The van der Waals surface area contributed by atoms with Crippen LogP contribution >= 0.6 is 11.6 Å². The van der Waals surface area contributed by atoms with Crippen molar-refractivity contribution in [2.75, 3.05) is 26.7 Å². The average molecular weight is 312 g/mol. The number of nitrogens with zero attached hydrogens (tertiary/aromatic N) is 2. The number of hydrogen-bond acceptors (Lipinski definition) is 4. The molecule has 0 aromatic carbocycles. The maximum atomic E-state index is 12.0. The summed E-state index contributed by atoms with van der Waals surface area (Å²) in [7, 11) is 2.05.